The first kappa shape index (κ1) is 11.5. The third-order valence-corrected chi connectivity index (χ3v) is 1.84. The van der Waals surface area contributed by atoms with Gasteiger partial charge < -0.3 is 10.6 Å². The van der Waals surface area contributed by atoms with E-state index in [1.54, 1.807) is 18.2 Å². The van der Waals surface area contributed by atoms with Crippen molar-refractivity contribution in [2.24, 2.45) is 21.2 Å². The van der Waals surface area contributed by atoms with Gasteiger partial charge in [-0.3, -0.25) is 0 Å². The molecule has 6 nitrogen and oxygen atoms in total. The van der Waals surface area contributed by atoms with Crippen molar-refractivity contribution >= 4 is 18.3 Å². The Labute approximate surface area is 92.1 Å². The third kappa shape index (κ3) is 2.99. The molecule has 0 amide bonds. The highest BCUT2D eigenvalue weighted by molar-refractivity contribution is 5.64. The maximum absolute atomic E-state index is 10.4. The van der Waals surface area contributed by atoms with Crippen LogP contribution in [0.3, 0.4) is 0 Å². The van der Waals surface area contributed by atoms with Crippen LogP contribution in [0.5, 0.6) is 0 Å². The largest absolute Gasteiger partial charge is 0.305 e. The first-order valence-electron chi connectivity index (χ1n) is 4.41. The van der Waals surface area contributed by atoms with Crippen LogP contribution >= 0.6 is 0 Å². The number of carbonyl (C=O) groups excluding carboxylic acids is 1. The lowest BCUT2D eigenvalue weighted by molar-refractivity contribution is -0.107. The van der Waals surface area contributed by atoms with Crippen LogP contribution in [0, 0.1) is 11.3 Å². The molecule has 0 saturated carbocycles. The molecule has 16 heavy (non-hydrogen) atoms. The molecule has 0 aliphatic rings. The van der Waals surface area contributed by atoms with Gasteiger partial charge in [0, 0.05) is 6.42 Å². The quantitative estimate of drug-likeness (QED) is 0.204. The minimum Gasteiger partial charge on any atom is -0.305 e. The summed E-state index contributed by atoms with van der Waals surface area (Å²) in [5.41, 5.74) is 1.65. The van der Waals surface area contributed by atoms with Crippen LogP contribution in [0.4, 0.5) is 5.69 Å². The topological polar surface area (TPSA) is 104 Å². The predicted molar refractivity (Wildman–Crippen MR) is 58.1 cm³/mol. The van der Waals surface area contributed by atoms with E-state index in [1.165, 1.54) is 6.34 Å². The number of carbonyl (C=O) groups is 1. The fourth-order valence-corrected chi connectivity index (χ4v) is 1.14. The van der Waals surface area contributed by atoms with Crippen LogP contribution in [-0.2, 0) is 11.2 Å². The van der Waals surface area contributed by atoms with Crippen LogP contribution in [0.1, 0.15) is 11.1 Å². The molecule has 6 heteroatoms. The zero-order chi connectivity index (χ0) is 11.8. The second-order valence-corrected chi connectivity index (χ2v) is 2.80. The molecule has 1 aromatic carbocycles. The van der Waals surface area contributed by atoms with Crippen molar-refractivity contribution in [3.63, 3.8) is 0 Å². The molecule has 0 spiro atoms. The highest BCUT2D eigenvalue weighted by Crippen LogP contribution is 2.17. The van der Waals surface area contributed by atoms with Crippen LogP contribution in [0.25, 0.3) is 0 Å². The number of benzene rings is 1. The molecule has 0 aromatic heterocycles. The molecule has 0 heterocycles. The summed E-state index contributed by atoms with van der Waals surface area (Å²) < 4.78 is 0. The molecule has 80 valence electrons. The Hall–Kier alpha value is -2.55. The van der Waals surface area contributed by atoms with Crippen molar-refractivity contribution in [1.82, 2.24) is 0 Å². The number of aliphatic imine (C=N–C) groups is 1. The summed E-state index contributed by atoms with van der Waals surface area (Å²) in [5, 5.41) is 15.2. The van der Waals surface area contributed by atoms with Gasteiger partial charge in [0.2, 0.25) is 0 Å². The minimum atomic E-state index is 0.218. The van der Waals surface area contributed by atoms with Gasteiger partial charge in [-0.25, -0.2) is 4.99 Å². The number of rotatable bonds is 4. The van der Waals surface area contributed by atoms with E-state index in [0.717, 1.165) is 6.29 Å². The molecular weight excluding hydrogens is 206 g/mol. The van der Waals surface area contributed by atoms with Crippen LogP contribution in [0.15, 0.2) is 33.5 Å². The van der Waals surface area contributed by atoms with Gasteiger partial charge in [-0.15, -0.1) is 5.11 Å². The molecule has 1 aromatic rings. The van der Waals surface area contributed by atoms with Crippen molar-refractivity contribution in [2.75, 3.05) is 0 Å². The van der Waals surface area contributed by atoms with Gasteiger partial charge in [0.05, 0.1) is 17.3 Å². The Morgan fingerprint density at radius 2 is 2.31 bits per heavy atom. The van der Waals surface area contributed by atoms with Crippen molar-refractivity contribution in [3.8, 4) is 6.07 Å². The van der Waals surface area contributed by atoms with E-state index in [1.807, 2.05) is 6.07 Å². The summed E-state index contributed by atoms with van der Waals surface area (Å²) in [6, 6.07) is 6.93. The molecule has 0 saturated heterocycles. The van der Waals surface area contributed by atoms with Crippen molar-refractivity contribution in [2.45, 2.75) is 6.42 Å². The molecule has 1 rings (SSSR count). The molecule has 2 N–H and O–H groups in total. The van der Waals surface area contributed by atoms with Crippen molar-refractivity contribution < 1.29 is 4.79 Å². The fraction of sp³-hybridized carbons (Fsp3) is 0.100. The predicted octanol–water partition coefficient (Wildman–Crippen LogP) is 1.29. The van der Waals surface area contributed by atoms with E-state index in [4.69, 9.17) is 11.1 Å². The number of nitrogens with two attached hydrogens (primary N) is 1. The molecule has 0 bridgehead atoms. The first-order valence-corrected chi connectivity index (χ1v) is 4.41. The average Bonchev–Trinajstić information content (AvgIpc) is 2.31. The van der Waals surface area contributed by atoms with E-state index in [2.05, 4.69) is 15.3 Å². The molecule has 0 fully saturated rings. The monoisotopic (exact) mass is 215 g/mol. The normalized spacial score (nSPS) is 10.7. The van der Waals surface area contributed by atoms with Gasteiger partial charge in [0.1, 0.15) is 12.6 Å². The maximum Gasteiger partial charge on any atom is 0.140 e. The standard InChI is InChI=1S/C10H9N5O/c11-6-9-5-10(13-7-14-15-12)2-1-8(9)3-4-16/h1-2,4-5,7H,3H2,(H2,12,13,14). The summed E-state index contributed by atoms with van der Waals surface area (Å²) >= 11 is 0. The Bertz CT molecular complexity index is 473. The summed E-state index contributed by atoms with van der Waals surface area (Å²) in [5.74, 6) is 4.79. The SMILES string of the molecule is N#Cc1cc(N=CN=NN)ccc1CC=O. The number of aldehydes is 1. The first-order chi connectivity index (χ1) is 7.81. The van der Waals surface area contributed by atoms with Gasteiger partial charge >= 0.3 is 0 Å². The highest BCUT2D eigenvalue weighted by atomic mass is 16.1. The lowest BCUT2D eigenvalue weighted by atomic mass is 10.1. The lowest BCUT2D eigenvalue weighted by Crippen LogP contribution is -1.90. The Morgan fingerprint density at radius 1 is 1.50 bits per heavy atom. The molecular formula is C10H9N5O. The van der Waals surface area contributed by atoms with E-state index in [0.29, 0.717) is 16.8 Å². The summed E-state index contributed by atoms with van der Waals surface area (Å²) in [6.07, 6.45) is 2.15. The summed E-state index contributed by atoms with van der Waals surface area (Å²) in [6.45, 7) is 0. The smallest absolute Gasteiger partial charge is 0.140 e. The van der Waals surface area contributed by atoms with Gasteiger partial charge in [0.15, 0.2) is 0 Å². The Kier molecular flexibility index (Phi) is 4.34. The van der Waals surface area contributed by atoms with E-state index in [9.17, 15) is 4.79 Å². The zero-order valence-corrected chi connectivity index (χ0v) is 8.37. The molecule has 0 aliphatic heterocycles. The summed E-state index contributed by atoms with van der Waals surface area (Å²) in [4.78, 5) is 14.3. The Morgan fingerprint density at radius 3 is 2.94 bits per heavy atom. The van der Waals surface area contributed by atoms with E-state index >= 15 is 0 Å². The lowest BCUT2D eigenvalue weighted by Gasteiger charge is -1.99. The van der Waals surface area contributed by atoms with Crippen LogP contribution in [0.2, 0.25) is 0 Å². The number of hydrogen-bond acceptors (Lipinski definition) is 4. The molecule has 0 atom stereocenters. The van der Waals surface area contributed by atoms with Crippen LogP contribution in [-0.4, -0.2) is 12.6 Å². The van der Waals surface area contributed by atoms with Gasteiger partial charge in [0.25, 0.3) is 0 Å². The average molecular weight is 215 g/mol. The number of hydrogen-bond donors (Lipinski definition) is 1. The van der Waals surface area contributed by atoms with E-state index < -0.39 is 0 Å². The van der Waals surface area contributed by atoms with Gasteiger partial charge in [-0.2, -0.15) is 5.26 Å². The zero-order valence-electron chi connectivity index (χ0n) is 8.37. The molecule has 0 unspecified atom stereocenters. The van der Waals surface area contributed by atoms with Crippen molar-refractivity contribution in [3.05, 3.63) is 29.3 Å². The Balaban J connectivity index is 3.00. The molecule has 0 radical (unpaired) electrons. The van der Waals surface area contributed by atoms with Crippen LogP contribution < -0.4 is 5.84 Å². The van der Waals surface area contributed by atoms with Gasteiger partial charge in [-0.1, -0.05) is 11.3 Å². The van der Waals surface area contributed by atoms with E-state index in [-0.39, 0.29) is 6.42 Å². The molecule has 0 aliphatic carbocycles. The second kappa shape index (κ2) is 6.03. The summed E-state index contributed by atoms with van der Waals surface area (Å²) in [7, 11) is 0. The maximum atomic E-state index is 10.4. The highest BCUT2D eigenvalue weighted by Gasteiger charge is 2.01. The van der Waals surface area contributed by atoms with Crippen molar-refractivity contribution in [1.29, 1.82) is 5.26 Å². The third-order valence-electron chi connectivity index (χ3n) is 1.84. The fourth-order valence-electron chi connectivity index (χ4n) is 1.14. The number of nitriles is 1. The second-order valence-electron chi connectivity index (χ2n) is 2.80. The van der Waals surface area contributed by atoms with Gasteiger partial charge in [-0.05, 0) is 17.7 Å². The minimum absolute atomic E-state index is 0.218. The number of nitrogens with zero attached hydrogens (tertiary/aromatic N) is 4.